The van der Waals surface area contributed by atoms with Gasteiger partial charge in [0.05, 0.1) is 13.7 Å². The third-order valence-electron chi connectivity index (χ3n) is 3.36. The van der Waals surface area contributed by atoms with Crippen molar-refractivity contribution in [1.29, 1.82) is 0 Å². The lowest BCUT2D eigenvalue weighted by atomic mass is 10.1. The molecule has 1 atom stereocenters. The summed E-state index contributed by atoms with van der Waals surface area (Å²) in [5, 5.41) is 12.0. The average molecular weight is 343 g/mol. The molecule has 0 unspecified atom stereocenters. The van der Waals surface area contributed by atoms with E-state index in [0.717, 1.165) is 5.82 Å². The Labute approximate surface area is 138 Å². The largest absolute Gasteiger partial charge is 0.468 e. The third kappa shape index (κ3) is 3.58. The molecule has 6 nitrogen and oxygen atoms in total. The second kappa shape index (κ2) is 7.09. The van der Waals surface area contributed by atoms with Crippen LogP contribution in [0, 0.1) is 6.92 Å². The lowest BCUT2D eigenvalue weighted by Gasteiger charge is -2.18. The zero-order valence-electron chi connectivity index (χ0n) is 12.4. The quantitative estimate of drug-likeness (QED) is 0.845. The van der Waals surface area contributed by atoms with Gasteiger partial charge in [-0.25, -0.2) is 4.79 Å². The first-order chi connectivity index (χ1) is 10.4. The number of ether oxygens (including phenoxy) is 1. The molecule has 0 saturated carbocycles. The highest BCUT2D eigenvalue weighted by Gasteiger charge is 2.24. The van der Waals surface area contributed by atoms with Crippen LogP contribution in [0.2, 0.25) is 10.0 Å². The molecule has 0 aliphatic rings. The van der Waals surface area contributed by atoms with Gasteiger partial charge in [0.15, 0.2) is 0 Å². The number of esters is 1. The Kier molecular flexibility index (Phi) is 5.39. The van der Waals surface area contributed by atoms with Crippen LogP contribution in [0.25, 0.3) is 0 Å². The predicted octanol–water partition coefficient (Wildman–Crippen LogP) is 2.43. The van der Waals surface area contributed by atoms with Crippen molar-refractivity contribution < 1.29 is 9.53 Å². The fraction of sp³-hybridized carbons (Fsp3) is 0.357. The summed E-state index contributed by atoms with van der Waals surface area (Å²) in [7, 11) is 3.18. The summed E-state index contributed by atoms with van der Waals surface area (Å²) in [6, 6.07) is 4.24. The summed E-state index contributed by atoms with van der Waals surface area (Å²) in [5.74, 6) is 1.05. The number of rotatable bonds is 5. The van der Waals surface area contributed by atoms with E-state index in [2.05, 4.69) is 15.5 Å². The molecular weight excluding hydrogens is 327 g/mol. The van der Waals surface area contributed by atoms with Crippen LogP contribution < -0.4 is 5.32 Å². The maximum absolute atomic E-state index is 12.0. The fourth-order valence-corrected chi connectivity index (χ4v) is 2.49. The van der Waals surface area contributed by atoms with Gasteiger partial charge in [0.2, 0.25) is 0 Å². The van der Waals surface area contributed by atoms with Crippen molar-refractivity contribution >= 4 is 29.2 Å². The van der Waals surface area contributed by atoms with Crippen LogP contribution in [0.5, 0.6) is 0 Å². The van der Waals surface area contributed by atoms with Gasteiger partial charge in [-0.05, 0) is 24.6 Å². The van der Waals surface area contributed by atoms with E-state index >= 15 is 0 Å². The van der Waals surface area contributed by atoms with Gasteiger partial charge in [-0.3, -0.25) is 5.32 Å². The van der Waals surface area contributed by atoms with E-state index < -0.39 is 12.0 Å². The summed E-state index contributed by atoms with van der Waals surface area (Å²) in [4.78, 5) is 12.0. The molecule has 0 amide bonds. The number of aromatic nitrogens is 3. The lowest BCUT2D eigenvalue weighted by molar-refractivity contribution is -0.143. The average Bonchev–Trinajstić information content (AvgIpc) is 2.80. The molecule has 2 rings (SSSR count). The molecule has 1 heterocycles. The third-order valence-corrected chi connectivity index (χ3v) is 3.92. The standard InChI is InChI=1S/C14H16Cl2N4O2/c1-8-18-19-12(20(8)2)7-17-13(14(21)22-3)10-5-4-9(15)6-11(10)16/h4-6,13,17H,7H2,1-3H3/t13-/m0/s1. The monoisotopic (exact) mass is 342 g/mol. The highest BCUT2D eigenvalue weighted by Crippen LogP contribution is 2.27. The SMILES string of the molecule is COC(=O)[C@@H](NCc1nnc(C)n1C)c1ccc(Cl)cc1Cl. The van der Waals surface area contributed by atoms with E-state index in [4.69, 9.17) is 27.9 Å². The fourth-order valence-electron chi connectivity index (χ4n) is 1.97. The van der Waals surface area contributed by atoms with E-state index in [1.54, 1.807) is 18.2 Å². The molecule has 0 fully saturated rings. The molecule has 0 aliphatic carbocycles. The maximum atomic E-state index is 12.0. The number of hydrogen-bond acceptors (Lipinski definition) is 5. The summed E-state index contributed by atoms with van der Waals surface area (Å²) < 4.78 is 6.68. The molecular formula is C14H16Cl2N4O2. The second-order valence-electron chi connectivity index (χ2n) is 4.73. The second-order valence-corrected chi connectivity index (χ2v) is 5.57. The summed E-state index contributed by atoms with van der Waals surface area (Å²) in [6.07, 6.45) is 0. The molecule has 0 aliphatic heterocycles. The number of benzene rings is 1. The molecule has 0 saturated heterocycles. The van der Waals surface area contributed by atoms with Crippen molar-refractivity contribution in [1.82, 2.24) is 20.1 Å². The topological polar surface area (TPSA) is 69.0 Å². The van der Waals surface area contributed by atoms with Crippen molar-refractivity contribution in [3.63, 3.8) is 0 Å². The Bertz CT molecular complexity index is 687. The summed E-state index contributed by atoms with van der Waals surface area (Å²) in [5.41, 5.74) is 0.594. The number of nitrogens with zero attached hydrogens (tertiary/aromatic N) is 3. The van der Waals surface area contributed by atoms with Gasteiger partial charge in [-0.2, -0.15) is 0 Å². The van der Waals surface area contributed by atoms with Crippen molar-refractivity contribution in [2.75, 3.05) is 7.11 Å². The normalized spacial score (nSPS) is 12.2. The van der Waals surface area contributed by atoms with Gasteiger partial charge < -0.3 is 9.30 Å². The van der Waals surface area contributed by atoms with E-state index in [0.29, 0.717) is 28.0 Å². The van der Waals surface area contributed by atoms with Gasteiger partial charge in [0.25, 0.3) is 0 Å². The number of carbonyl (C=O) groups is 1. The summed E-state index contributed by atoms with van der Waals surface area (Å²) >= 11 is 12.1. The van der Waals surface area contributed by atoms with E-state index in [-0.39, 0.29) is 0 Å². The van der Waals surface area contributed by atoms with Crippen molar-refractivity contribution in [3.05, 3.63) is 45.5 Å². The molecule has 2 aromatic rings. The first kappa shape index (κ1) is 16.7. The minimum Gasteiger partial charge on any atom is -0.468 e. The van der Waals surface area contributed by atoms with Gasteiger partial charge in [0, 0.05) is 17.1 Å². The molecule has 8 heteroatoms. The van der Waals surface area contributed by atoms with E-state index in [1.807, 2.05) is 18.5 Å². The van der Waals surface area contributed by atoms with Gasteiger partial charge >= 0.3 is 5.97 Å². The Morgan fingerprint density at radius 1 is 1.41 bits per heavy atom. The Morgan fingerprint density at radius 2 is 2.14 bits per heavy atom. The number of carbonyl (C=O) groups excluding carboxylic acids is 1. The van der Waals surface area contributed by atoms with Crippen LogP contribution in [-0.4, -0.2) is 27.8 Å². The minimum absolute atomic E-state index is 0.343. The Morgan fingerprint density at radius 3 is 2.68 bits per heavy atom. The van der Waals surface area contributed by atoms with Crippen molar-refractivity contribution in [3.8, 4) is 0 Å². The highest BCUT2D eigenvalue weighted by molar-refractivity contribution is 6.35. The lowest BCUT2D eigenvalue weighted by Crippen LogP contribution is -2.30. The van der Waals surface area contributed by atoms with Crippen LogP contribution >= 0.6 is 23.2 Å². The highest BCUT2D eigenvalue weighted by atomic mass is 35.5. The summed E-state index contributed by atoms with van der Waals surface area (Å²) in [6.45, 7) is 2.19. The van der Waals surface area contributed by atoms with Crippen molar-refractivity contribution in [2.45, 2.75) is 19.5 Å². The smallest absolute Gasteiger partial charge is 0.327 e. The first-order valence-electron chi connectivity index (χ1n) is 6.55. The predicted molar refractivity (Wildman–Crippen MR) is 83.8 cm³/mol. The first-order valence-corrected chi connectivity index (χ1v) is 7.30. The van der Waals surface area contributed by atoms with Gasteiger partial charge in [-0.1, -0.05) is 29.3 Å². The van der Waals surface area contributed by atoms with E-state index in [1.165, 1.54) is 7.11 Å². The van der Waals surface area contributed by atoms with E-state index in [9.17, 15) is 4.79 Å². The Hall–Kier alpha value is -1.63. The zero-order chi connectivity index (χ0) is 16.3. The number of halogens is 2. The van der Waals surface area contributed by atoms with Gasteiger partial charge in [-0.15, -0.1) is 10.2 Å². The van der Waals surface area contributed by atoms with Crippen LogP contribution in [0.4, 0.5) is 0 Å². The van der Waals surface area contributed by atoms with Gasteiger partial charge in [0.1, 0.15) is 17.7 Å². The van der Waals surface area contributed by atoms with Crippen LogP contribution in [0.15, 0.2) is 18.2 Å². The number of nitrogens with one attached hydrogen (secondary N) is 1. The number of methoxy groups -OCH3 is 1. The molecule has 1 N–H and O–H groups in total. The Balaban J connectivity index is 2.23. The van der Waals surface area contributed by atoms with Crippen LogP contribution in [0.3, 0.4) is 0 Å². The number of aryl methyl sites for hydroxylation is 1. The molecule has 0 radical (unpaired) electrons. The van der Waals surface area contributed by atoms with Crippen molar-refractivity contribution in [2.24, 2.45) is 7.05 Å². The molecule has 22 heavy (non-hydrogen) atoms. The zero-order valence-corrected chi connectivity index (χ0v) is 13.9. The molecule has 1 aromatic heterocycles. The molecule has 0 bridgehead atoms. The minimum atomic E-state index is -0.716. The van der Waals surface area contributed by atoms with Crippen LogP contribution in [0.1, 0.15) is 23.3 Å². The maximum Gasteiger partial charge on any atom is 0.327 e. The number of hydrogen-bond donors (Lipinski definition) is 1. The molecule has 118 valence electrons. The molecule has 0 spiro atoms. The molecule has 1 aromatic carbocycles. The van der Waals surface area contributed by atoms with Crippen LogP contribution in [-0.2, 0) is 23.1 Å².